The Balaban J connectivity index is 2.57. The van der Waals surface area contributed by atoms with Gasteiger partial charge in [-0.1, -0.05) is 0 Å². The fraction of sp³-hybridized carbons (Fsp3) is 0.615. The number of rotatable bonds is 6. The lowest BCUT2D eigenvalue weighted by molar-refractivity contribution is -0.121. The number of sulfonamides is 1. The Morgan fingerprint density at radius 3 is 2.45 bits per heavy atom. The fourth-order valence-corrected chi connectivity index (χ4v) is 3.71. The third-order valence-corrected chi connectivity index (χ3v) is 5.88. The number of carbonyl (C=O) groups is 1. The molecule has 0 aromatic carbocycles. The topological polar surface area (TPSA) is 66.5 Å². The van der Waals surface area contributed by atoms with E-state index in [4.69, 9.17) is 0 Å². The molecule has 7 heteroatoms. The Labute approximate surface area is 125 Å². The number of aryl methyl sites for hydroxylation is 2. The van der Waals surface area contributed by atoms with Gasteiger partial charge in [-0.3, -0.25) is 4.79 Å². The molecule has 1 aromatic rings. The van der Waals surface area contributed by atoms with Gasteiger partial charge < -0.3 is 5.32 Å². The van der Waals surface area contributed by atoms with Gasteiger partial charge in [0.2, 0.25) is 15.9 Å². The van der Waals surface area contributed by atoms with Gasteiger partial charge in [0.1, 0.15) is 0 Å². The molecule has 0 bridgehead atoms. The average molecular weight is 318 g/mol. The van der Waals surface area contributed by atoms with Crippen LogP contribution in [0.3, 0.4) is 0 Å². The third-order valence-electron chi connectivity index (χ3n) is 3.07. The number of nitrogens with zero attached hydrogens (tertiary/aromatic N) is 1. The number of carbonyl (C=O) groups excluding carboxylic acids is 1. The van der Waals surface area contributed by atoms with Crippen LogP contribution in [0.4, 0.5) is 0 Å². The Kier molecular flexibility index (Phi) is 5.73. The lowest BCUT2D eigenvalue weighted by Crippen LogP contribution is -2.31. The van der Waals surface area contributed by atoms with Crippen LogP contribution in [-0.2, 0) is 14.8 Å². The molecule has 0 aliphatic heterocycles. The summed E-state index contributed by atoms with van der Waals surface area (Å²) in [6.07, 6.45) is -0.0208. The summed E-state index contributed by atoms with van der Waals surface area (Å²) in [4.78, 5) is 14.2. The first-order valence-corrected chi connectivity index (χ1v) is 8.82. The zero-order valence-electron chi connectivity index (χ0n) is 12.6. The van der Waals surface area contributed by atoms with Gasteiger partial charge in [-0.15, -0.1) is 11.3 Å². The van der Waals surface area contributed by atoms with E-state index in [0.717, 1.165) is 9.87 Å². The van der Waals surface area contributed by atoms with Crippen LogP contribution in [0.15, 0.2) is 6.07 Å². The van der Waals surface area contributed by atoms with Crippen molar-refractivity contribution in [3.05, 3.63) is 21.4 Å². The van der Waals surface area contributed by atoms with E-state index in [1.165, 1.54) is 23.8 Å². The minimum Gasteiger partial charge on any atom is -0.350 e. The van der Waals surface area contributed by atoms with E-state index in [1.54, 1.807) is 11.3 Å². The first-order valence-electron chi connectivity index (χ1n) is 6.40. The molecule has 0 unspecified atom stereocenters. The Bertz CT molecular complexity index is 576. The van der Waals surface area contributed by atoms with E-state index in [9.17, 15) is 13.2 Å². The number of amides is 1. The molecule has 0 aliphatic carbocycles. The smallest absolute Gasteiger partial charge is 0.221 e. The van der Waals surface area contributed by atoms with Crippen molar-refractivity contribution in [2.45, 2.75) is 33.2 Å². The predicted octanol–water partition coefficient (Wildman–Crippen LogP) is 1.82. The minimum atomic E-state index is -3.32. The quantitative estimate of drug-likeness (QED) is 0.870. The van der Waals surface area contributed by atoms with Crippen molar-refractivity contribution in [2.75, 3.05) is 19.8 Å². The zero-order chi connectivity index (χ0) is 15.5. The van der Waals surface area contributed by atoms with E-state index in [2.05, 4.69) is 11.4 Å². The predicted molar refractivity (Wildman–Crippen MR) is 82.4 cm³/mol. The molecule has 0 spiro atoms. The SMILES string of the molecule is Cc1cc([C@@H](C)NC(=O)CCS(=O)(=O)N(C)C)c(C)s1. The maximum atomic E-state index is 11.8. The molecule has 0 saturated heterocycles. The van der Waals surface area contributed by atoms with Crippen molar-refractivity contribution >= 4 is 27.3 Å². The third kappa shape index (κ3) is 4.57. The highest BCUT2D eigenvalue weighted by Crippen LogP contribution is 2.26. The van der Waals surface area contributed by atoms with Gasteiger partial charge in [0.05, 0.1) is 11.8 Å². The monoisotopic (exact) mass is 318 g/mol. The van der Waals surface area contributed by atoms with E-state index in [1.807, 2.05) is 20.8 Å². The van der Waals surface area contributed by atoms with Gasteiger partial charge in [0, 0.05) is 30.3 Å². The molecule has 0 radical (unpaired) electrons. The normalized spacial score (nSPS) is 13.5. The molecule has 5 nitrogen and oxygen atoms in total. The molecule has 114 valence electrons. The van der Waals surface area contributed by atoms with Crippen LogP contribution in [-0.4, -0.2) is 38.5 Å². The van der Waals surface area contributed by atoms with Gasteiger partial charge in [-0.2, -0.15) is 0 Å². The van der Waals surface area contributed by atoms with Gasteiger partial charge in [0.25, 0.3) is 0 Å². The largest absolute Gasteiger partial charge is 0.350 e. The summed E-state index contributed by atoms with van der Waals surface area (Å²) in [5.41, 5.74) is 1.09. The molecule has 0 aliphatic rings. The maximum absolute atomic E-state index is 11.8. The second kappa shape index (κ2) is 6.69. The molecular formula is C13H22N2O3S2. The maximum Gasteiger partial charge on any atom is 0.221 e. The van der Waals surface area contributed by atoms with E-state index in [0.29, 0.717) is 0 Å². The Morgan fingerprint density at radius 2 is 2.00 bits per heavy atom. The van der Waals surface area contributed by atoms with Gasteiger partial charge in [-0.25, -0.2) is 12.7 Å². The average Bonchev–Trinajstić information content (AvgIpc) is 2.66. The van der Waals surface area contributed by atoms with Crippen LogP contribution in [0.1, 0.15) is 34.7 Å². The van der Waals surface area contributed by atoms with E-state index in [-0.39, 0.29) is 24.1 Å². The standard InChI is InChI=1S/C13H22N2O3S2/c1-9-8-12(11(3)19-9)10(2)14-13(16)6-7-20(17,18)15(4)5/h8,10H,6-7H2,1-5H3,(H,14,16)/t10-/m1/s1. The molecule has 1 aromatic heterocycles. The van der Waals surface area contributed by atoms with Crippen LogP contribution in [0.2, 0.25) is 0 Å². The van der Waals surface area contributed by atoms with Gasteiger partial charge in [-0.05, 0) is 32.4 Å². The summed E-state index contributed by atoms with van der Waals surface area (Å²) in [5, 5.41) is 2.85. The van der Waals surface area contributed by atoms with Crippen molar-refractivity contribution < 1.29 is 13.2 Å². The molecule has 1 N–H and O–H groups in total. The minimum absolute atomic E-state index is 0.0208. The number of thiophene rings is 1. The Morgan fingerprint density at radius 1 is 1.40 bits per heavy atom. The first-order chi connectivity index (χ1) is 9.13. The van der Waals surface area contributed by atoms with Crippen LogP contribution in [0, 0.1) is 13.8 Å². The zero-order valence-corrected chi connectivity index (χ0v) is 14.2. The molecule has 1 atom stereocenters. The lowest BCUT2D eigenvalue weighted by Gasteiger charge is -2.15. The van der Waals surface area contributed by atoms with E-state index >= 15 is 0 Å². The molecule has 1 amide bonds. The lowest BCUT2D eigenvalue weighted by atomic mass is 10.1. The van der Waals surface area contributed by atoms with Crippen molar-refractivity contribution in [1.29, 1.82) is 0 Å². The van der Waals surface area contributed by atoms with Crippen molar-refractivity contribution in [2.24, 2.45) is 0 Å². The van der Waals surface area contributed by atoms with E-state index < -0.39 is 10.0 Å². The summed E-state index contributed by atoms with van der Waals surface area (Å²) in [6.45, 7) is 5.96. The number of nitrogens with one attached hydrogen (secondary N) is 1. The molecule has 1 heterocycles. The highest BCUT2D eigenvalue weighted by Gasteiger charge is 2.18. The highest BCUT2D eigenvalue weighted by atomic mass is 32.2. The van der Waals surface area contributed by atoms with Crippen LogP contribution in [0.5, 0.6) is 0 Å². The number of hydrogen-bond donors (Lipinski definition) is 1. The summed E-state index contributed by atoms with van der Waals surface area (Å²) in [7, 11) is -0.392. The van der Waals surface area contributed by atoms with Crippen LogP contribution in [0.25, 0.3) is 0 Å². The molecular weight excluding hydrogens is 296 g/mol. The molecule has 0 fully saturated rings. The molecule has 1 rings (SSSR count). The fourth-order valence-electron chi connectivity index (χ4n) is 1.88. The van der Waals surface area contributed by atoms with Crippen molar-refractivity contribution in [1.82, 2.24) is 9.62 Å². The first kappa shape index (κ1) is 17.1. The summed E-state index contributed by atoms with van der Waals surface area (Å²) < 4.78 is 24.3. The summed E-state index contributed by atoms with van der Waals surface area (Å²) in [6, 6.07) is 1.95. The second-order valence-corrected chi connectivity index (χ2v) is 8.77. The second-order valence-electron chi connectivity index (χ2n) is 5.01. The van der Waals surface area contributed by atoms with Crippen molar-refractivity contribution in [3.8, 4) is 0 Å². The molecule has 0 saturated carbocycles. The van der Waals surface area contributed by atoms with Crippen LogP contribution < -0.4 is 5.32 Å². The van der Waals surface area contributed by atoms with Gasteiger partial charge >= 0.3 is 0 Å². The summed E-state index contributed by atoms with van der Waals surface area (Å²) >= 11 is 1.69. The highest BCUT2D eigenvalue weighted by molar-refractivity contribution is 7.89. The van der Waals surface area contributed by atoms with Gasteiger partial charge in [0.15, 0.2) is 0 Å². The van der Waals surface area contributed by atoms with Crippen molar-refractivity contribution in [3.63, 3.8) is 0 Å². The van der Waals surface area contributed by atoms with Crippen LogP contribution >= 0.6 is 11.3 Å². The Hall–Kier alpha value is -0.920. The molecule has 20 heavy (non-hydrogen) atoms. The summed E-state index contributed by atoms with van der Waals surface area (Å²) in [5.74, 6) is -0.411. The number of hydrogen-bond acceptors (Lipinski definition) is 4.